The van der Waals surface area contributed by atoms with Gasteiger partial charge >= 0.3 is 0 Å². The molecular formula is C19H19Cl3N4. The van der Waals surface area contributed by atoms with Gasteiger partial charge in [0.2, 0.25) is 5.96 Å². The summed E-state index contributed by atoms with van der Waals surface area (Å²) in [5.74, 6) is -0.152. The zero-order chi connectivity index (χ0) is 18.1. The molecule has 7 heteroatoms. The second kappa shape index (κ2) is 8.12. The molecular weight excluding hydrogens is 391 g/mol. The van der Waals surface area contributed by atoms with Gasteiger partial charge < -0.3 is 5.73 Å². The first-order valence-corrected chi connectivity index (χ1v) is 8.55. The van der Waals surface area contributed by atoms with Crippen molar-refractivity contribution in [1.82, 2.24) is 9.78 Å². The fraction of sp³-hybridized carbons (Fsp3) is 0.158. The van der Waals surface area contributed by atoms with Crippen LogP contribution < -0.4 is 5.73 Å². The predicted octanol–water partition coefficient (Wildman–Crippen LogP) is 5.15. The number of aromatic nitrogens is 2. The molecule has 136 valence electrons. The normalized spacial score (nSPS) is 10.7. The Labute approximate surface area is 168 Å². The van der Waals surface area contributed by atoms with Crippen LogP contribution in [-0.4, -0.2) is 15.7 Å². The first-order chi connectivity index (χ1) is 11.9. The smallest absolute Gasteiger partial charge is 0.213 e. The van der Waals surface area contributed by atoms with E-state index in [2.05, 4.69) is 5.10 Å². The Bertz CT molecular complexity index is 870. The molecule has 3 rings (SSSR count). The highest BCUT2D eigenvalue weighted by Crippen LogP contribution is 2.36. The maximum Gasteiger partial charge on any atom is 0.213 e. The molecule has 1 heterocycles. The Balaban J connectivity index is 0.00000243. The third kappa shape index (κ3) is 3.88. The summed E-state index contributed by atoms with van der Waals surface area (Å²) in [6.45, 7) is 3.86. The van der Waals surface area contributed by atoms with Crippen LogP contribution in [0.5, 0.6) is 0 Å². The first-order valence-electron chi connectivity index (χ1n) is 7.80. The molecule has 26 heavy (non-hydrogen) atoms. The van der Waals surface area contributed by atoms with E-state index >= 15 is 0 Å². The molecule has 3 N–H and O–H groups in total. The molecule has 0 amide bonds. The molecule has 1 aromatic heterocycles. The highest BCUT2D eigenvalue weighted by molar-refractivity contribution is 6.30. The van der Waals surface area contributed by atoms with E-state index in [4.69, 9.17) is 34.3 Å². The molecule has 0 bridgehead atoms. The molecule has 3 aromatic rings. The third-order valence-corrected chi connectivity index (χ3v) is 4.77. The maximum atomic E-state index is 7.74. The van der Waals surface area contributed by atoms with E-state index in [0.717, 1.165) is 28.1 Å². The van der Waals surface area contributed by atoms with Gasteiger partial charge in [-0.05, 0) is 49.2 Å². The van der Waals surface area contributed by atoms with Crippen LogP contribution in [0.3, 0.4) is 0 Å². The lowest BCUT2D eigenvalue weighted by Crippen LogP contribution is -2.23. The van der Waals surface area contributed by atoms with Crippen LogP contribution in [0.1, 0.15) is 34.0 Å². The van der Waals surface area contributed by atoms with E-state index < -0.39 is 0 Å². The number of rotatable bonds is 3. The molecule has 4 nitrogen and oxygen atoms in total. The Morgan fingerprint density at radius 2 is 1.38 bits per heavy atom. The van der Waals surface area contributed by atoms with Crippen molar-refractivity contribution in [1.29, 1.82) is 5.41 Å². The molecule has 2 aromatic carbocycles. The number of hydrogen-bond donors (Lipinski definition) is 2. The van der Waals surface area contributed by atoms with Gasteiger partial charge in [-0.3, -0.25) is 5.41 Å². The van der Waals surface area contributed by atoms with Gasteiger partial charge in [0.25, 0.3) is 0 Å². The van der Waals surface area contributed by atoms with Crippen LogP contribution in [0.4, 0.5) is 0 Å². The monoisotopic (exact) mass is 408 g/mol. The second-order valence-corrected chi connectivity index (χ2v) is 6.79. The van der Waals surface area contributed by atoms with Gasteiger partial charge in [0.1, 0.15) is 0 Å². The molecule has 0 spiro atoms. The van der Waals surface area contributed by atoms with E-state index in [0.29, 0.717) is 10.0 Å². The highest BCUT2D eigenvalue weighted by atomic mass is 35.5. The van der Waals surface area contributed by atoms with Crippen LogP contribution >= 0.6 is 35.6 Å². The van der Waals surface area contributed by atoms with E-state index in [9.17, 15) is 0 Å². The minimum Gasteiger partial charge on any atom is -0.368 e. The van der Waals surface area contributed by atoms with Crippen molar-refractivity contribution in [2.75, 3.05) is 0 Å². The number of hydrogen-bond acceptors (Lipinski definition) is 2. The Morgan fingerprint density at radius 1 is 0.962 bits per heavy atom. The Hall–Kier alpha value is -2.01. The summed E-state index contributed by atoms with van der Waals surface area (Å²) < 4.78 is 1.46. The summed E-state index contributed by atoms with van der Waals surface area (Å²) in [5, 5.41) is 13.5. The standard InChI is InChI=1S/C19H18Cl2N4.ClH/c1-11-17(12(2)25(24-11)19(22)23)18(13-3-7-15(20)8-4-13)14-5-9-16(21)10-6-14;/h3-10,18H,1-2H3,(H3,22,23);1H. The fourth-order valence-corrected chi connectivity index (χ4v) is 3.40. The van der Waals surface area contributed by atoms with E-state index in [1.807, 2.05) is 62.4 Å². The first kappa shape index (κ1) is 20.3. The van der Waals surface area contributed by atoms with E-state index in [1.54, 1.807) is 0 Å². The lowest BCUT2D eigenvalue weighted by Gasteiger charge is -2.19. The average Bonchev–Trinajstić information content (AvgIpc) is 2.87. The average molecular weight is 410 g/mol. The summed E-state index contributed by atoms with van der Waals surface area (Å²) in [5.41, 5.74) is 10.5. The Morgan fingerprint density at radius 3 is 1.73 bits per heavy atom. The minimum atomic E-state index is -0.0992. The number of halogens is 3. The van der Waals surface area contributed by atoms with Crippen LogP contribution in [0.25, 0.3) is 0 Å². The highest BCUT2D eigenvalue weighted by Gasteiger charge is 2.25. The van der Waals surface area contributed by atoms with Crippen molar-refractivity contribution in [2.24, 2.45) is 5.73 Å². The summed E-state index contributed by atoms with van der Waals surface area (Å²) in [4.78, 5) is 0. The molecule has 0 aliphatic carbocycles. The molecule has 0 fully saturated rings. The van der Waals surface area contributed by atoms with Gasteiger partial charge in [-0.1, -0.05) is 47.5 Å². The summed E-state index contributed by atoms with van der Waals surface area (Å²) >= 11 is 12.1. The Kier molecular flexibility index (Phi) is 6.34. The number of aryl methyl sites for hydroxylation is 1. The molecule has 0 aliphatic heterocycles. The van der Waals surface area contributed by atoms with Crippen LogP contribution in [0, 0.1) is 19.3 Å². The number of nitrogens with two attached hydrogens (primary N) is 1. The quantitative estimate of drug-likeness (QED) is 0.464. The van der Waals surface area contributed by atoms with Crippen molar-refractivity contribution >= 4 is 41.6 Å². The number of nitrogen functional groups attached to an aromatic ring is 1. The van der Waals surface area contributed by atoms with E-state index in [1.165, 1.54) is 4.68 Å². The van der Waals surface area contributed by atoms with Gasteiger partial charge in [-0.2, -0.15) is 5.10 Å². The SMILES string of the molecule is Cc1nn(C(=N)N)c(C)c1C(c1ccc(Cl)cc1)c1ccc(Cl)cc1.Cl. The molecule has 0 saturated heterocycles. The maximum absolute atomic E-state index is 7.74. The zero-order valence-corrected chi connectivity index (χ0v) is 16.7. The molecule has 0 radical (unpaired) electrons. The van der Waals surface area contributed by atoms with Gasteiger partial charge in [0.05, 0.1) is 5.69 Å². The van der Waals surface area contributed by atoms with Crippen LogP contribution in [0.2, 0.25) is 10.0 Å². The largest absolute Gasteiger partial charge is 0.368 e. The van der Waals surface area contributed by atoms with Crippen LogP contribution in [-0.2, 0) is 0 Å². The summed E-state index contributed by atoms with van der Waals surface area (Å²) in [7, 11) is 0. The van der Waals surface area contributed by atoms with Crippen molar-refractivity contribution in [3.63, 3.8) is 0 Å². The molecule has 0 aliphatic rings. The van der Waals surface area contributed by atoms with Gasteiger partial charge in [0, 0.05) is 27.2 Å². The van der Waals surface area contributed by atoms with Crippen molar-refractivity contribution < 1.29 is 0 Å². The molecule has 0 unspecified atom stereocenters. The van der Waals surface area contributed by atoms with Gasteiger partial charge in [-0.15, -0.1) is 12.4 Å². The van der Waals surface area contributed by atoms with Gasteiger partial charge in [0.15, 0.2) is 0 Å². The van der Waals surface area contributed by atoms with Crippen molar-refractivity contribution in [3.05, 3.63) is 86.7 Å². The van der Waals surface area contributed by atoms with Crippen molar-refractivity contribution in [3.8, 4) is 0 Å². The predicted molar refractivity (Wildman–Crippen MR) is 110 cm³/mol. The topological polar surface area (TPSA) is 67.7 Å². The second-order valence-electron chi connectivity index (χ2n) is 5.92. The molecule has 0 saturated carbocycles. The van der Waals surface area contributed by atoms with Crippen LogP contribution in [0.15, 0.2) is 48.5 Å². The minimum absolute atomic E-state index is 0. The number of benzene rings is 2. The van der Waals surface area contributed by atoms with E-state index in [-0.39, 0.29) is 24.3 Å². The molecule has 0 atom stereocenters. The summed E-state index contributed by atoms with van der Waals surface area (Å²) in [6.07, 6.45) is 0. The van der Waals surface area contributed by atoms with Crippen molar-refractivity contribution in [2.45, 2.75) is 19.8 Å². The third-order valence-electron chi connectivity index (χ3n) is 4.27. The summed E-state index contributed by atoms with van der Waals surface area (Å²) in [6, 6.07) is 15.5. The van der Waals surface area contributed by atoms with Gasteiger partial charge in [-0.25, -0.2) is 4.68 Å². The lowest BCUT2D eigenvalue weighted by molar-refractivity contribution is 0.861. The number of nitrogens with zero attached hydrogens (tertiary/aromatic N) is 2. The fourth-order valence-electron chi connectivity index (χ4n) is 3.14. The lowest BCUT2D eigenvalue weighted by atomic mass is 9.84. The zero-order valence-electron chi connectivity index (χ0n) is 14.3. The number of nitrogens with one attached hydrogen (secondary N) is 1.